The van der Waals surface area contributed by atoms with Crippen LogP contribution in [0.5, 0.6) is 11.7 Å². The first-order chi connectivity index (χ1) is 22.2. The van der Waals surface area contributed by atoms with Gasteiger partial charge in [0.05, 0.1) is 23.3 Å². The molecule has 1 aromatic heterocycles. The Balaban J connectivity index is 1.99. The molecule has 46 heavy (non-hydrogen) atoms. The lowest BCUT2D eigenvalue weighted by Gasteiger charge is -2.28. The number of hydrogen-bond acceptors (Lipinski definition) is 6. The van der Waals surface area contributed by atoms with Crippen molar-refractivity contribution in [2.24, 2.45) is 0 Å². The topological polar surface area (TPSA) is 108 Å². The summed E-state index contributed by atoms with van der Waals surface area (Å²) in [4.78, 5) is 28.3. The van der Waals surface area contributed by atoms with Gasteiger partial charge in [-0.1, -0.05) is 66.7 Å². The predicted octanol–water partition coefficient (Wildman–Crippen LogP) is 6.46. The molecule has 0 unspecified atom stereocenters. The van der Waals surface area contributed by atoms with Gasteiger partial charge >= 0.3 is 11.9 Å². The summed E-state index contributed by atoms with van der Waals surface area (Å²) in [5, 5.41) is 24.1. The highest BCUT2D eigenvalue weighted by Gasteiger charge is 2.56. The summed E-state index contributed by atoms with van der Waals surface area (Å²) in [6.07, 6.45) is -0.940. The number of benzene rings is 4. The number of hydrogen-bond donors (Lipinski definition) is 1. The van der Waals surface area contributed by atoms with Crippen LogP contribution in [-0.2, 0) is 4.74 Å². The van der Waals surface area contributed by atoms with E-state index in [9.17, 15) is 20.1 Å². The fourth-order valence-electron chi connectivity index (χ4n) is 5.43. The maximum Gasteiger partial charge on any atom is 0.346 e. The zero-order valence-electron chi connectivity index (χ0n) is 26.0. The van der Waals surface area contributed by atoms with Crippen molar-refractivity contribution in [3.63, 3.8) is 0 Å². The normalized spacial score (nSPS) is 11.3. The highest BCUT2D eigenvalue weighted by atomic mass is 31.2. The average Bonchev–Trinajstić information content (AvgIpc) is 3.41. The summed E-state index contributed by atoms with van der Waals surface area (Å²) < 4.78 is 18.6. The van der Waals surface area contributed by atoms with E-state index in [0.29, 0.717) is 5.30 Å². The molecule has 0 amide bonds. The molecule has 7 nitrogen and oxygen atoms in total. The van der Waals surface area contributed by atoms with Crippen LogP contribution in [0.15, 0.2) is 120 Å². The molecule has 0 bridgehead atoms. The Hall–Kier alpha value is -5.22. The third kappa shape index (κ3) is 6.03. The minimum atomic E-state index is -3.08. The molecule has 5 rings (SSSR count). The number of phenols is 1. The van der Waals surface area contributed by atoms with E-state index in [-0.39, 0.29) is 28.6 Å². The smallest absolute Gasteiger partial charge is 0.346 e. The second-order valence-corrected chi connectivity index (χ2v) is 14.4. The second-order valence-electron chi connectivity index (χ2n) is 11.1. The Labute approximate surface area is 269 Å². The van der Waals surface area contributed by atoms with Crippen molar-refractivity contribution in [3.05, 3.63) is 138 Å². The molecule has 5 aromatic rings. The van der Waals surface area contributed by atoms with Gasteiger partial charge in [0, 0.05) is 0 Å². The van der Waals surface area contributed by atoms with Gasteiger partial charge in [-0.3, -0.25) is 10.7 Å². The van der Waals surface area contributed by atoms with E-state index in [1.807, 2.05) is 111 Å². The first-order valence-corrected chi connectivity index (χ1v) is 16.7. The maximum atomic E-state index is 14.4. The number of furan rings is 1. The fourth-order valence-corrected chi connectivity index (χ4v) is 9.86. The largest absolute Gasteiger partial charge is 0.763 e. The Morgan fingerprint density at radius 3 is 1.65 bits per heavy atom. The van der Waals surface area contributed by atoms with Gasteiger partial charge in [-0.05, 0) is 76.2 Å². The molecule has 1 heterocycles. The van der Waals surface area contributed by atoms with Gasteiger partial charge in [0.15, 0.2) is 18.6 Å². The maximum absolute atomic E-state index is 14.4. The SMILES string of the molecule is CC(C)OC(=O)c1c(C(=C=[N-])C(=O)c2ccccc2O)oc(OC(C)C)c1[P+](c1ccccc1)(c1ccccc1)c1ccccc1. The number of phenolic OH excluding ortho intramolecular Hbond substituents is 1. The molecule has 8 heteroatoms. The van der Waals surface area contributed by atoms with Crippen molar-refractivity contribution in [1.82, 2.24) is 0 Å². The van der Waals surface area contributed by atoms with Crippen LogP contribution in [-0.4, -0.2) is 34.9 Å². The number of allylic oxidation sites excluding steroid dienone is 1. The van der Waals surface area contributed by atoms with E-state index in [1.54, 1.807) is 26.0 Å². The minimum absolute atomic E-state index is 0.00318. The number of rotatable bonds is 11. The number of esters is 1. The van der Waals surface area contributed by atoms with Crippen molar-refractivity contribution in [1.29, 1.82) is 0 Å². The summed E-state index contributed by atoms with van der Waals surface area (Å²) in [6, 6.07) is 35.2. The monoisotopic (exact) mass is 631 g/mol. The van der Waals surface area contributed by atoms with E-state index in [1.165, 1.54) is 12.1 Å². The number of nitrogens with zero attached hydrogens (tertiary/aromatic N) is 1. The summed E-state index contributed by atoms with van der Waals surface area (Å²) >= 11 is 0. The molecule has 1 N–H and O–H groups in total. The molecule has 4 aromatic carbocycles. The van der Waals surface area contributed by atoms with Crippen molar-refractivity contribution in [2.45, 2.75) is 39.9 Å². The molecule has 0 spiro atoms. The molecular formula is C38H34NO6P. The van der Waals surface area contributed by atoms with Crippen LogP contribution in [0.25, 0.3) is 11.0 Å². The first-order valence-electron chi connectivity index (χ1n) is 14.9. The predicted molar refractivity (Wildman–Crippen MR) is 184 cm³/mol. The van der Waals surface area contributed by atoms with Crippen LogP contribution in [0.4, 0.5) is 0 Å². The van der Waals surface area contributed by atoms with E-state index < -0.39 is 36.8 Å². The van der Waals surface area contributed by atoms with Crippen molar-refractivity contribution < 1.29 is 28.6 Å². The molecule has 0 aliphatic heterocycles. The molecular weight excluding hydrogens is 597 g/mol. The number of Topliss-reactive ketones (excluding diaryl/α,β-unsaturated/α-hetero) is 1. The molecule has 0 fully saturated rings. The Morgan fingerprint density at radius 1 is 0.739 bits per heavy atom. The van der Waals surface area contributed by atoms with E-state index in [2.05, 4.69) is 0 Å². The number of carbonyl (C=O) groups excluding carboxylic acids is 2. The molecule has 0 saturated heterocycles. The zero-order chi connectivity index (χ0) is 32.8. The van der Waals surface area contributed by atoms with Crippen LogP contribution >= 0.6 is 7.26 Å². The van der Waals surface area contributed by atoms with E-state index >= 15 is 0 Å². The number of ether oxygens (including phenoxy) is 2. The first kappa shape index (κ1) is 32.2. The summed E-state index contributed by atoms with van der Waals surface area (Å²) in [5.41, 5.74) is -0.652. The van der Waals surface area contributed by atoms with Crippen LogP contribution < -0.4 is 26.0 Å². The number of para-hydroxylation sites is 1. The fraction of sp³-hybridized carbons (Fsp3) is 0.158. The van der Waals surface area contributed by atoms with Crippen LogP contribution in [0.1, 0.15) is 54.2 Å². The average molecular weight is 632 g/mol. The summed E-state index contributed by atoms with van der Waals surface area (Å²) in [5.74, 6) is -0.193. The standard InChI is InChI=1S/C38H34NO6P/c1-25(2)43-37(42)33-35(31(24-39)34(41)30-22-14-15-23-32(30)40)45-38(44-26(3)4)36(33)46(27-16-8-5-9-17-27,28-18-10-6-11-19-28)29-20-12-7-13-21-29/h5-23,25-26,40H,1-4H3. The van der Waals surface area contributed by atoms with Gasteiger partial charge in [0.2, 0.25) is 11.1 Å². The zero-order valence-corrected chi connectivity index (χ0v) is 26.9. The van der Waals surface area contributed by atoms with E-state index in [4.69, 9.17) is 13.9 Å². The molecule has 0 radical (unpaired) electrons. The highest BCUT2D eigenvalue weighted by Crippen LogP contribution is 2.58. The van der Waals surface area contributed by atoms with Crippen molar-refractivity contribution >= 4 is 51.7 Å². The summed E-state index contributed by atoms with van der Waals surface area (Å²) in [7, 11) is -3.08. The Kier molecular flexibility index (Phi) is 9.67. The second kappa shape index (κ2) is 13.8. The Bertz CT molecular complexity index is 1800. The molecule has 0 aliphatic rings. The molecule has 0 aliphatic carbocycles. The highest BCUT2D eigenvalue weighted by molar-refractivity contribution is 8.01. The lowest BCUT2D eigenvalue weighted by atomic mass is 9.99. The van der Waals surface area contributed by atoms with Gasteiger partial charge in [0.25, 0.3) is 0 Å². The van der Waals surface area contributed by atoms with Gasteiger partial charge in [-0.25, -0.2) is 4.79 Å². The van der Waals surface area contributed by atoms with Crippen molar-refractivity contribution in [3.8, 4) is 11.7 Å². The van der Waals surface area contributed by atoms with Crippen LogP contribution in [0, 0.1) is 0 Å². The lowest BCUT2D eigenvalue weighted by molar-refractivity contribution is 0.0378. The lowest BCUT2D eigenvalue weighted by Crippen LogP contribution is -2.41. The molecule has 232 valence electrons. The van der Waals surface area contributed by atoms with Gasteiger partial charge in [0.1, 0.15) is 21.7 Å². The number of ketones is 1. The van der Waals surface area contributed by atoms with E-state index in [0.717, 1.165) is 15.9 Å². The number of aromatic hydroxyl groups is 1. The summed E-state index contributed by atoms with van der Waals surface area (Å²) in [6.45, 7) is 7.10. The molecule has 0 atom stereocenters. The van der Waals surface area contributed by atoms with Crippen molar-refractivity contribution in [2.75, 3.05) is 0 Å². The van der Waals surface area contributed by atoms with Gasteiger partial charge in [-0.2, -0.15) is 0 Å². The third-order valence-electron chi connectivity index (χ3n) is 7.22. The Morgan fingerprint density at radius 2 is 1.22 bits per heavy atom. The third-order valence-corrected chi connectivity index (χ3v) is 11.5. The van der Waals surface area contributed by atoms with Gasteiger partial charge < -0.3 is 24.4 Å². The van der Waals surface area contributed by atoms with Gasteiger partial charge in [-0.15, -0.1) is 0 Å². The van der Waals surface area contributed by atoms with Crippen LogP contribution in [0.3, 0.4) is 0 Å². The van der Waals surface area contributed by atoms with Crippen LogP contribution in [0.2, 0.25) is 0 Å². The molecule has 0 saturated carbocycles. The minimum Gasteiger partial charge on any atom is -0.763 e. The number of carbonyl (C=O) groups is 2. The quantitative estimate of drug-likeness (QED) is 0.0589.